The number of unbranched alkanes of at least 4 members (excludes halogenated alkanes) is 4. The van der Waals surface area contributed by atoms with Crippen molar-refractivity contribution in [3.8, 4) is 0 Å². The van der Waals surface area contributed by atoms with Crippen molar-refractivity contribution in [3.63, 3.8) is 0 Å². The lowest BCUT2D eigenvalue weighted by Gasteiger charge is -1.93. The molecule has 0 aliphatic rings. The second kappa shape index (κ2) is 14.0. The molecule has 0 saturated heterocycles. The minimum Gasteiger partial charge on any atom is -0.130 e. The van der Waals surface area contributed by atoms with Crippen LogP contribution in [0.15, 0.2) is 42.2 Å². The average Bonchev–Trinajstić information content (AvgIpc) is 2.31. The van der Waals surface area contributed by atoms with E-state index >= 15 is 0 Å². The lowest BCUT2D eigenvalue weighted by atomic mass is 10.1. The van der Waals surface area contributed by atoms with Gasteiger partial charge in [0.05, 0.1) is 0 Å². The van der Waals surface area contributed by atoms with Gasteiger partial charge in [-0.3, -0.25) is 0 Å². The molecule has 0 aromatic carbocycles. The normalized spacial score (nSPS) is 10.9. The second-order valence-electron chi connectivity index (χ2n) is 3.89. The Labute approximate surface area is 101 Å². The van der Waals surface area contributed by atoms with Crippen LogP contribution in [0.2, 0.25) is 0 Å². The predicted octanol–water partition coefficient (Wildman–Crippen LogP) is 5.58. The van der Waals surface area contributed by atoms with Gasteiger partial charge in [-0.1, -0.05) is 44.6 Å². The molecule has 0 radical (unpaired) electrons. The van der Waals surface area contributed by atoms with Crippen LogP contribution in [0.25, 0.3) is 0 Å². The van der Waals surface area contributed by atoms with E-state index in [1.54, 1.807) is 0 Å². The third kappa shape index (κ3) is 13.0. The van der Waals surface area contributed by atoms with Crippen LogP contribution < -0.4 is 0 Å². The Bertz CT molecular complexity index is 237. The Morgan fingerprint density at radius 1 is 0.750 bits per heavy atom. The first-order valence-corrected chi connectivity index (χ1v) is 6.62. The molecule has 0 N–H and O–H groups in total. The maximum Gasteiger partial charge on any atom is -0.0274 e. The molecule has 90 valence electrons. The molecule has 0 rings (SSSR count). The summed E-state index contributed by atoms with van der Waals surface area (Å²) in [5.41, 5.74) is 3.19. The molecule has 0 aromatic rings. The smallest absolute Gasteiger partial charge is 0.0274 e. The molecule has 0 spiro atoms. The number of allylic oxidation sites excluding steroid dienone is 5. The highest BCUT2D eigenvalue weighted by atomic mass is 13.9. The van der Waals surface area contributed by atoms with Crippen molar-refractivity contribution in [2.75, 3.05) is 0 Å². The lowest BCUT2D eigenvalue weighted by molar-refractivity contribution is 0.696. The van der Waals surface area contributed by atoms with Crippen LogP contribution in [0.4, 0.5) is 0 Å². The summed E-state index contributed by atoms with van der Waals surface area (Å²) in [7, 11) is 0. The van der Waals surface area contributed by atoms with Gasteiger partial charge in [0.2, 0.25) is 0 Å². The van der Waals surface area contributed by atoms with Crippen molar-refractivity contribution in [2.24, 2.45) is 0 Å². The topological polar surface area (TPSA) is 0 Å². The molecule has 0 aliphatic carbocycles. The zero-order chi connectivity index (χ0) is 11.9. The van der Waals surface area contributed by atoms with E-state index in [0.29, 0.717) is 0 Å². The van der Waals surface area contributed by atoms with Gasteiger partial charge in [0.1, 0.15) is 0 Å². The van der Waals surface area contributed by atoms with E-state index in [1.807, 2.05) is 0 Å². The fraction of sp³-hybridized carbons (Fsp3) is 0.562. The number of rotatable bonds is 9. The standard InChI is InChI=1S/C16H26/c1-3-5-7-9-11-13-15-16-14-12-10-8-6-4-2/h5-7,9-11H,3-4,12-16H2,1-2H3. The van der Waals surface area contributed by atoms with Crippen LogP contribution in [0, 0.1) is 0 Å². The first kappa shape index (κ1) is 15.0. The molecule has 0 bridgehead atoms. The van der Waals surface area contributed by atoms with E-state index in [2.05, 4.69) is 56.0 Å². The molecule has 0 heterocycles. The zero-order valence-corrected chi connectivity index (χ0v) is 10.9. The molecule has 16 heavy (non-hydrogen) atoms. The summed E-state index contributed by atoms with van der Waals surface area (Å²) in [6.07, 6.45) is 21.5. The monoisotopic (exact) mass is 218 g/mol. The highest BCUT2D eigenvalue weighted by Gasteiger charge is 1.84. The van der Waals surface area contributed by atoms with Crippen LogP contribution in [-0.4, -0.2) is 0 Å². The third-order valence-electron chi connectivity index (χ3n) is 2.28. The summed E-state index contributed by atoms with van der Waals surface area (Å²) in [5.74, 6) is 0. The van der Waals surface area contributed by atoms with E-state index in [0.717, 1.165) is 12.8 Å². The van der Waals surface area contributed by atoms with E-state index < -0.39 is 0 Å². The Kier molecular flexibility index (Phi) is 13.1. The van der Waals surface area contributed by atoms with E-state index in [4.69, 9.17) is 0 Å². The van der Waals surface area contributed by atoms with Gasteiger partial charge in [0, 0.05) is 0 Å². The number of hydrogen-bond acceptors (Lipinski definition) is 0. The molecule has 0 amide bonds. The van der Waals surface area contributed by atoms with Gasteiger partial charge in [0.15, 0.2) is 0 Å². The van der Waals surface area contributed by atoms with Gasteiger partial charge >= 0.3 is 0 Å². The highest BCUT2D eigenvalue weighted by Crippen LogP contribution is 2.04. The molecule has 0 unspecified atom stereocenters. The van der Waals surface area contributed by atoms with Crippen LogP contribution in [0.3, 0.4) is 0 Å². The van der Waals surface area contributed by atoms with E-state index in [9.17, 15) is 0 Å². The Morgan fingerprint density at radius 3 is 2.25 bits per heavy atom. The van der Waals surface area contributed by atoms with Crippen LogP contribution >= 0.6 is 0 Å². The maximum absolute atomic E-state index is 3.19. The lowest BCUT2D eigenvalue weighted by Crippen LogP contribution is -1.74. The van der Waals surface area contributed by atoms with Gasteiger partial charge in [-0.2, -0.15) is 0 Å². The van der Waals surface area contributed by atoms with Crippen molar-refractivity contribution < 1.29 is 0 Å². The first-order chi connectivity index (χ1) is 7.91. The third-order valence-corrected chi connectivity index (χ3v) is 2.28. The van der Waals surface area contributed by atoms with E-state index in [-0.39, 0.29) is 0 Å². The summed E-state index contributed by atoms with van der Waals surface area (Å²) in [6.45, 7) is 4.30. The quantitative estimate of drug-likeness (QED) is 0.269. The Hall–Kier alpha value is -1.00. The SMILES string of the molecule is CCC=C=CCCCCCC=CC=CCC. The molecule has 0 saturated carbocycles. The van der Waals surface area contributed by atoms with Crippen LogP contribution in [0.5, 0.6) is 0 Å². The van der Waals surface area contributed by atoms with Crippen LogP contribution in [0.1, 0.15) is 58.8 Å². The average molecular weight is 218 g/mol. The summed E-state index contributed by atoms with van der Waals surface area (Å²) >= 11 is 0. The van der Waals surface area contributed by atoms with Crippen molar-refractivity contribution >= 4 is 0 Å². The summed E-state index contributed by atoms with van der Waals surface area (Å²) in [4.78, 5) is 0. The minimum atomic E-state index is 1.09. The van der Waals surface area contributed by atoms with Crippen molar-refractivity contribution in [3.05, 3.63) is 42.2 Å². The minimum absolute atomic E-state index is 1.09. The highest BCUT2D eigenvalue weighted by molar-refractivity contribution is 5.01. The largest absolute Gasteiger partial charge is 0.130 e. The van der Waals surface area contributed by atoms with Gasteiger partial charge in [-0.25, -0.2) is 0 Å². The van der Waals surface area contributed by atoms with Gasteiger partial charge in [-0.15, -0.1) is 5.73 Å². The molecular weight excluding hydrogens is 192 g/mol. The molecule has 0 nitrogen and oxygen atoms in total. The van der Waals surface area contributed by atoms with Gasteiger partial charge in [0.25, 0.3) is 0 Å². The summed E-state index contributed by atoms with van der Waals surface area (Å²) in [5, 5.41) is 0. The van der Waals surface area contributed by atoms with Crippen LogP contribution in [-0.2, 0) is 0 Å². The molecule has 0 aromatic heterocycles. The molecule has 0 aliphatic heterocycles. The van der Waals surface area contributed by atoms with Gasteiger partial charge in [-0.05, 0) is 50.7 Å². The summed E-state index contributed by atoms with van der Waals surface area (Å²) in [6, 6.07) is 0. The van der Waals surface area contributed by atoms with E-state index in [1.165, 1.54) is 32.1 Å². The zero-order valence-electron chi connectivity index (χ0n) is 10.9. The second-order valence-corrected chi connectivity index (χ2v) is 3.89. The van der Waals surface area contributed by atoms with Crippen molar-refractivity contribution in [2.45, 2.75) is 58.8 Å². The summed E-state index contributed by atoms with van der Waals surface area (Å²) < 4.78 is 0. The van der Waals surface area contributed by atoms with Gasteiger partial charge < -0.3 is 0 Å². The molecule has 0 fully saturated rings. The predicted molar refractivity (Wildman–Crippen MR) is 74.6 cm³/mol. The fourth-order valence-corrected chi connectivity index (χ4v) is 1.36. The van der Waals surface area contributed by atoms with Crippen molar-refractivity contribution in [1.82, 2.24) is 0 Å². The molecule has 0 atom stereocenters. The van der Waals surface area contributed by atoms with Crippen molar-refractivity contribution in [1.29, 1.82) is 0 Å². The maximum atomic E-state index is 3.19. The molecular formula is C16H26. The Morgan fingerprint density at radius 2 is 1.50 bits per heavy atom. The molecule has 0 heteroatoms. The Balaban J connectivity index is 3.24. The fourth-order valence-electron chi connectivity index (χ4n) is 1.36. The first-order valence-electron chi connectivity index (χ1n) is 6.62. The number of hydrogen-bond donors (Lipinski definition) is 0.